The molecule has 0 radical (unpaired) electrons. The molecule has 2 aromatic carbocycles. The average Bonchev–Trinajstić information content (AvgIpc) is 2.48. The van der Waals surface area contributed by atoms with Crippen LogP contribution >= 0.6 is 0 Å². The molecule has 134 valence electrons. The molecule has 6 heteroatoms. The Morgan fingerprint density at radius 2 is 1.60 bits per heavy atom. The van der Waals surface area contributed by atoms with Gasteiger partial charge in [-0.2, -0.15) is 0 Å². The number of benzene rings is 2. The van der Waals surface area contributed by atoms with Gasteiger partial charge in [0.05, 0.1) is 10.9 Å². The zero-order valence-corrected chi connectivity index (χ0v) is 15.8. The lowest BCUT2D eigenvalue weighted by Crippen LogP contribution is -2.24. The highest BCUT2D eigenvalue weighted by Gasteiger charge is 2.20. The zero-order chi connectivity index (χ0) is 19.0. The quantitative estimate of drug-likeness (QED) is 0.908. The molecule has 0 saturated heterocycles. The summed E-state index contributed by atoms with van der Waals surface area (Å²) in [5.74, 6) is -1.41. The highest BCUT2D eigenvalue weighted by Crippen LogP contribution is 2.26. The number of anilines is 1. The minimum Gasteiger partial charge on any atom is -0.545 e. The lowest BCUT2D eigenvalue weighted by Gasteiger charge is -2.19. The molecule has 2 aromatic rings. The lowest BCUT2D eigenvalue weighted by atomic mass is 9.87. The fourth-order valence-electron chi connectivity index (χ4n) is 2.47. The SMILES string of the molecule is Cc1cc(C(=O)[O-])cc(S(=O)(=O)Nc2ccc(C(C)(C)C)cc2)c1C. The van der Waals surface area contributed by atoms with Crippen molar-refractivity contribution in [1.82, 2.24) is 0 Å². The lowest BCUT2D eigenvalue weighted by molar-refractivity contribution is -0.255. The maximum absolute atomic E-state index is 12.7. The second kappa shape index (κ2) is 6.52. The summed E-state index contributed by atoms with van der Waals surface area (Å²) in [7, 11) is -3.91. The molecule has 0 bridgehead atoms. The Morgan fingerprint density at radius 1 is 1.04 bits per heavy atom. The predicted molar refractivity (Wildman–Crippen MR) is 96.2 cm³/mol. The van der Waals surface area contributed by atoms with E-state index in [0.717, 1.165) is 11.6 Å². The van der Waals surface area contributed by atoms with E-state index in [-0.39, 0.29) is 15.9 Å². The zero-order valence-electron chi connectivity index (χ0n) is 15.0. The van der Waals surface area contributed by atoms with Crippen LogP contribution in [-0.4, -0.2) is 14.4 Å². The number of carboxylic acids is 1. The van der Waals surface area contributed by atoms with Crippen LogP contribution in [0.25, 0.3) is 0 Å². The number of rotatable bonds is 4. The number of aromatic carboxylic acids is 1. The monoisotopic (exact) mass is 360 g/mol. The number of sulfonamides is 1. The van der Waals surface area contributed by atoms with E-state index in [2.05, 4.69) is 25.5 Å². The van der Waals surface area contributed by atoms with E-state index in [4.69, 9.17) is 0 Å². The van der Waals surface area contributed by atoms with Crippen LogP contribution in [0.5, 0.6) is 0 Å². The Balaban J connectivity index is 2.41. The molecule has 0 heterocycles. The molecule has 0 fully saturated rings. The first kappa shape index (κ1) is 19.0. The number of carbonyl (C=O) groups is 1. The molecule has 0 atom stereocenters. The summed E-state index contributed by atoms with van der Waals surface area (Å²) < 4.78 is 27.9. The van der Waals surface area contributed by atoms with Crippen LogP contribution in [0.2, 0.25) is 0 Å². The number of aryl methyl sites for hydroxylation is 1. The van der Waals surface area contributed by atoms with Crippen molar-refractivity contribution in [3.8, 4) is 0 Å². The van der Waals surface area contributed by atoms with Gasteiger partial charge >= 0.3 is 0 Å². The van der Waals surface area contributed by atoms with Crippen molar-refractivity contribution in [3.05, 3.63) is 58.7 Å². The molecule has 5 nitrogen and oxygen atoms in total. The number of hydrogen-bond donors (Lipinski definition) is 1. The second-order valence-electron chi connectivity index (χ2n) is 7.14. The predicted octanol–water partition coefficient (Wildman–Crippen LogP) is 2.77. The molecule has 0 unspecified atom stereocenters. The van der Waals surface area contributed by atoms with Gasteiger partial charge in [-0.1, -0.05) is 32.9 Å². The Morgan fingerprint density at radius 3 is 2.08 bits per heavy atom. The highest BCUT2D eigenvalue weighted by atomic mass is 32.2. The van der Waals surface area contributed by atoms with Crippen LogP contribution in [0.1, 0.15) is 47.8 Å². The molecule has 0 aromatic heterocycles. The van der Waals surface area contributed by atoms with E-state index in [1.54, 1.807) is 26.0 Å². The standard InChI is InChI=1S/C19H23NO4S/c1-12-10-14(18(21)22)11-17(13(12)2)25(23,24)20-16-8-6-15(7-9-16)19(3,4)5/h6-11,20H,1-5H3,(H,21,22)/p-1. The van der Waals surface area contributed by atoms with Crippen molar-refractivity contribution < 1.29 is 18.3 Å². The minimum absolute atomic E-state index is 0.0338. The smallest absolute Gasteiger partial charge is 0.262 e. The average molecular weight is 360 g/mol. The molecule has 0 aliphatic heterocycles. The van der Waals surface area contributed by atoms with Gasteiger partial charge in [0.25, 0.3) is 10.0 Å². The topological polar surface area (TPSA) is 86.3 Å². The van der Waals surface area contributed by atoms with Crippen LogP contribution in [0.4, 0.5) is 5.69 Å². The van der Waals surface area contributed by atoms with Crippen LogP contribution in [0.3, 0.4) is 0 Å². The first-order valence-electron chi connectivity index (χ1n) is 7.88. The van der Waals surface area contributed by atoms with E-state index >= 15 is 0 Å². The van der Waals surface area contributed by atoms with E-state index in [1.807, 2.05) is 12.1 Å². The van der Waals surface area contributed by atoms with Gasteiger partial charge in [-0.15, -0.1) is 0 Å². The van der Waals surface area contributed by atoms with Gasteiger partial charge in [-0.3, -0.25) is 4.72 Å². The summed E-state index contributed by atoms with van der Waals surface area (Å²) >= 11 is 0. The number of nitrogens with one attached hydrogen (secondary N) is 1. The van der Waals surface area contributed by atoms with Crippen molar-refractivity contribution in [2.45, 2.75) is 44.9 Å². The molecule has 0 aliphatic carbocycles. The summed E-state index contributed by atoms with van der Waals surface area (Å²) in [6, 6.07) is 9.66. The summed E-state index contributed by atoms with van der Waals surface area (Å²) in [4.78, 5) is 11.0. The van der Waals surface area contributed by atoms with Gasteiger partial charge in [-0.05, 0) is 65.8 Å². The van der Waals surface area contributed by atoms with Crippen molar-refractivity contribution >= 4 is 21.7 Å². The summed E-state index contributed by atoms with van der Waals surface area (Å²) in [6.45, 7) is 9.53. The summed E-state index contributed by atoms with van der Waals surface area (Å²) in [5.41, 5.74) is 2.39. The van der Waals surface area contributed by atoms with Crippen LogP contribution in [-0.2, 0) is 15.4 Å². The second-order valence-corrected chi connectivity index (χ2v) is 8.79. The molecule has 0 amide bonds. The molecule has 25 heavy (non-hydrogen) atoms. The van der Waals surface area contributed by atoms with Gasteiger partial charge < -0.3 is 9.90 Å². The van der Waals surface area contributed by atoms with Crippen LogP contribution < -0.4 is 9.83 Å². The van der Waals surface area contributed by atoms with Gasteiger partial charge in [0.2, 0.25) is 0 Å². The van der Waals surface area contributed by atoms with E-state index in [1.165, 1.54) is 6.07 Å². The number of carbonyl (C=O) groups excluding carboxylic acids is 1. The Labute approximate surface area is 148 Å². The van der Waals surface area contributed by atoms with Crippen molar-refractivity contribution in [2.24, 2.45) is 0 Å². The molecular formula is C19H22NO4S-. The largest absolute Gasteiger partial charge is 0.545 e. The fourth-order valence-corrected chi connectivity index (χ4v) is 3.87. The van der Waals surface area contributed by atoms with Crippen molar-refractivity contribution in [3.63, 3.8) is 0 Å². The van der Waals surface area contributed by atoms with Crippen molar-refractivity contribution in [2.75, 3.05) is 4.72 Å². The van der Waals surface area contributed by atoms with Crippen LogP contribution in [0, 0.1) is 13.8 Å². The molecule has 2 rings (SSSR count). The van der Waals surface area contributed by atoms with Crippen molar-refractivity contribution in [1.29, 1.82) is 0 Å². The third-order valence-corrected chi connectivity index (χ3v) is 5.66. The third kappa shape index (κ3) is 4.20. The molecule has 0 saturated carbocycles. The maximum Gasteiger partial charge on any atom is 0.262 e. The maximum atomic E-state index is 12.7. The van der Waals surface area contributed by atoms with E-state index < -0.39 is 16.0 Å². The fraction of sp³-hybridized carbons (Fsp3) is 0.316. The Kier molecular flexibility index (Phi) is 4.95. The normalized spacial score (nSPS) is 12.0. The minimum atomic E-state index is -3.91. The van der Waals surface area contributed by atoms with Gasteiger partial charge in [0.1, 0.15) is 0 Å². The van der Waals surface area contributed by atoms with Gasteiger partial charge in [0.15, 0.2) is 0 Å². The molecular weight excluding hydrogens is 338 g/mol. The third-order valence-electron chi connectivity index (χ3n) is 4.15. The number of hydrogen-bond acceptors (Lipinski definition) is 4. The first-order chi connectivity index (χ1) is 11.4. The Hall–Kier alpha value is -2.34. The van der Waals surface area contributed by atoms with Crippen LogP contribution in [0.15, 0.2) is 41.3 Å². The summed E-state index contributed by atoms with van der Waals surface area (Å²) in [6.07, 6.45) is 0. The van der Waals surface area contributed by atoms with E-state index in [9.17, 15) is 18.3 Å². The van der Waals surface area contributed by atoms with E-state index in [0.29, 0.717) is 16.8 Å². The molecule has 0 aliphatic rings. The highest BCUT2D eigenvalue weighted by molar-refractivity contribution is 7.92. The molecule has 1 N–H and O–H groups in total. The van der Waals surface area contributed by atoms with Gasteiger partial charge in [0, 0.05) is 5.69 Å². The number of carboxylic acid groups (broad SMARTS) is 1. The molecule has 0 spiro atoms. The van der Waals surface area contributed by atoms with Gasteiger partial charge in [-0.25, -0.2) is 8.42 Å². The summed E-state index contributed by atoms with van der Waals surface area (Å²) in [5, 5.41) is 11.1. The Bertz CT molecular complexity index is 908. The first-order valence-corrected chi connectivity index (χ1v) is 9.36.